The first-order valence-corrected chi connectivity index (χ1v) is 6.97. The third kappa shape index (κ3) is 4.12. The summed E-state index contributed by atoms with van der Waals surface area (Å²) in [6.45, 7) is 0. The Kier molecular flexibility index (Phi) is 5.08. The lowest BCUT2D eigenvalue weighted by Crippen LogP contribution is -2.11. The lowest BCUT2D eigenvalue weighted by Gasteiger charge is -2.07. The molecule has 0 saturated carbocycles. The average molecular weight is 341 g/mol. The number of nitriles is 1. The lowest BCUT2D eigenvalue weighted by molar-refractivity contribution is -0.133. The minimum absolute atomic E-state index is 0.0349. The van der Waals surface area contributed by atoms with Gasteiger partial charge in [0.2, 0.25) is 0 Å². The van der Waals surface area contributed by atoms with Crippen LogP contribution in [0.2, 0.25) is 15.1 Å². The Hall–Kier alpha value is -1.73. The number of carbonyl (C=O) groups is 1. The highest BCUT2D eigenvalue weighted by Gasteiger charge is 2.11. The van der Waals surface area contributed by atoms with Gasteiger partial charge in [-0.3, -0.25) is 4.79 Å². The van der Waals surface area contributed by atoms with E-state index in [9.17, 15) is 4.79 Å². The highest BCUT2D eigenvalue weighted by atomic mass is 35.5. The molecular weight excluding hydrogens is 333 g/mol. The Morgan fingerprint density at radius 1 is 1.05 bits per heavy atom. The predicted octanol–water partition coefficient (Wildman–Crippen LogP) is 4.67. The van der Waals surface area contributed by atoms with Crippen molar-refractivity contribution >= 4 is 40.8 Å². The lowest BCUT2D eigenvalue weighted by atomic mass is 10.1. The molecule has 3 nitrogen and oxygen atoms in total. The van der Waals surface area contributed by atoms with Crippen LogP contribution in [-0.2, 0) is 11.2 Å². The number of rotatable bonds is 3. The van der Waals surface area contributed by atoms with Gasteiger partial charge in [0.1, 0.15) is 5.75 Å². The van der Waals surface area contributed by atoms with E-state index >= 15 is 0 Å². The monoisotopic (exact) mass is 339 g/mol. The molecule has 2 aromatic rings. The molecule has 106 valence electrons. The number of nitrogens with zero attached hydrogens (tertiary/aromatic N) is 1. The highest BCUT2D eigenvalue weighted by Crippen LogP contribution is 2.26. The van der Waals surface area contributed by atoms with Crippen molar-refractivity contribution in [2.24, 2.45) is 0 Å². The molecule has 0 spiro atoms. The van der Waals surface area contributed by atoms with Gasteiger partial charge in [0, 0.05) is 0 Å². The van der Waals surface area contributed by atoms with Gasteiger partial charge in [-0.15, -0.1) is 0 Å². The summed E-state index contributed by atoms with van der Waals surface area (Å²) in [6.07, 6.45) is 0.0349. The van der Waals surface area contributed by atoms with E-state index in [1.807, 2.05) is 6.07 Å². The Balaban J connectivity index is 2.08. The van der Waals surface area contributed by atoms with Crippen LogP contribution in [0.3, 0.4) is 0 Å². The molecule has 0 aromatic heterocycles. The first-order chi connectivity index (χ1) is 9.99. The van der Waals surface area contributed by atoms with E-state index in [1.54, 1.807) is 18.2 Å². The minimum atomic E-state index is -0.486. The van der Waals surface area contributed by atoms with Gasteiger partial charge in [-0.05, 0) is 35.9 Å². The van der Waals surface area contributed by atoms with Gasteiger partial charge in [-0.25, -0.2) is 0 Å². The summed E-state index contributed by atoms with van der Waals surface area (Å²) in [7, 11) is 0. The summed E-state index contributed by atoms with van der Waals surface area (Å²) in [5.74, 6) is -0.277. The molecule has 2 aromatic carbocycles. The average Bonchev–Trinajstić information content (AvgIpc) is 2.45. The van der Waals surface area contributed by atoms with Crippen LogP contribution in [0.15, 0.2) is 36.4 Å². The number of ether oxygens (including phenoxy) is 1. The molecule has 2 rings (SSSR count). The summed E-state index contributed by atoms with van der Waals surface area (Å²) in [5, 5.41) is 9.74. The molecular formula is C15H8Cl3NO2. The molecule has 0 radical (unpaired) electrons. The van der Waals surface area contributed by atoms with Gasteiger partial charge in [0.05, 0.1) is 33.1 Å². The first-order valence-electron chi connectivity index (χ1n) is 5.84. The van der Waals surface area contributed by atoms with Gasteiger partial charge in [-0.1, -0.05) is 40.9 Å². The molecule has 0 bridgehead atoms. The zero-order valence-corrected chi connectivity index (χ0v) is 12.8. The maximum atomic E-state index is 11.9. The van der Waals surface area contributed by atoms with E-state index in [0.29, 0.717) is 21.2 Å². The number of halogens is 3. The van der Waals surface area contributed by atoms with Crippen molar-refractivity contribution in [2.75, 3.05) is 0 Å². The van der Waals surface area contributed by atoms with Gasteiger partial charge < -0.3 is 4.74 Å². The van der Waals surface area contributed by atoms with Gasteiger partial charge in [-0.2, -0.15) is 5.26 Å². The molecule has 0 amide bonds. The summed E-state index contributed by atoms with van der Waals surface area (Å²) in [4.78, 5) is 11.9. The standard InChI is InChI=1S/C15H8Cl3NO2/c16-11-3-1-9(5-12(11)17)7-15(20)21-14-4-2-10(8-19)6-13(14)18/h1-6H,7H2. The SMILES string of the molecule is N#Cc1ccc(OC(=O)Cc2ccc(Cl)c(Cl)c2)c(Cl)c1. The molecule has 0 fully saturated rings. The third-order valence-electron chi connectivity index (χ3n) is 2.62. The summed E-state index contributed by atoms with van der Waals surface area (Å²) >= 11 is 17.6. The molecule has 0 saturated heterocycles. The quantitative estimate of drug-likeness (QED) is 0.603. The van der Waals surface area contributed by atoms with Crippen molar-refractivity contribution in [1.29, 1.82) is 5.26 Å². The Bertz CT molecular complexity index is 738. The maximum absolute atomic E-state index is 11.9. The minimum Gasteiger partial charge on any atom is -0.425 e. The first kappa shape index (κ1) is 15.7. The molecule has 0 N–H and O–H groups in total. The summed E-state index contributed by atoms with van der Waals surface area (Å²) in [6, 6.07) is 11.3. The molecule has 0 aliphatic rings. The third-order valence-corrected chi connectivity index (χ3v) is 3.65. The van der Waals surface area contributed by atoms with E-state index in [0.717, 1.165) is 0 Å². The Labute approximate surface area is 136 Å². The van der Waals surface area contributed by atoms with Crippen molar-refractivity contribution in [3.63, 3.8) is 0 Å². The smallest absolute Gasteiger partial charge is 0.315 e. The normalized spacial score (nSPS) is 10.0. The van der Waals surface area contributed by atoms with Crippen LogP contribution in [-0.4, -0.2) is 5.97 Å². The fourth-order valence-corrected chi connectivity index (χ4v) is 2.17. The van der Waals surface area contributed by atoms with Crippen LogP contribution in [0, 0.1) is 11.3 Å². The van der Waals surface area contributed by atoms with Crippen LogP contribution < -0.4 is 4.74 Å². The van der Waals surface area contributed by atoms with E-state index in [2.05, 4.69) is 0 Å². The van der Waals surface area contributed by atoms with Gasteiger partial charge >= 0.3 is 5.97 Å². The van der Waals surface area contributed by atoms with Crippen LogP contribution in [0.1, 0.15) is 11.1 Å². The van der Waals surface area contributed by atoms with Gasteiger partial charge in [0.15, 0.2) is 0 Å². The van der Waals surface area contributed by atoms with Gasteiger partial charge in [0.25, 0.3) is 0 Å². The topological polar surface area (TPSA) is 50.1 Å². The van der Waals surface area contributed by atoms with Crippen molar-refractivity contribution in [1.82, 2.24) is 0 Å². The van der Waals surface area contributed by atoms with Crippen molar-refractivity contribution in [3.8, 4) is 11.8 Å². The second-order valence-corrected chi connectivity index (χ2v) is 5.38. The van der Waals surface area contributed by atoms with Crippen molar-refractivity contribution in [2.45, 2.75) is 6.42 Å². The second-order valence-electron chi connectivity index (χ2n) is 4.16. The highest BCUT2D eigenvalue weighted by molar-refractivity contribution is 6.42. The number of hydrogen-bond acceptors (Lipinski definition) is 3. The largest absolute Gasteiger partial charge is 0.425 e. The molecule has 0 aliphatic heterocycles. The van der Waals surface area contributed by atoms with Crippen molar-refractivity contribution in [3.05, 3.63) is 62.6 Å². The maximum Gasteiger partial charge on any atom is 0.315 e. The molecule has 0 heterocycles. The van der Waals surface area contributed by atoms with Crippen LogP contribution >= 0.6 is 34.8 Å². The molecule has 0 unspecified atom stereocenters. The number of benzene rings is 2. The van der Waals surface area contributed by atoms with E-state index in [1.165, 1.54) is 18.2 Å². The molecule has 0 aliphatic carbocycles. The molecule has 0 atom stereocenters. The Morgan fingerprint density at radius 3 is 2.43 bits per heavy atom. The molecule has 21 heavy (non-hydrogen) atoms. The zero-order chi connectivity index (χ0) is 15.4. The second kappa shape index (κ2) is 6.82. The van der Waals surface area contributed by atoms with E-state index in [4.69, 9.17) is 44.8 Å². The number of hydrogen-bond donors (Lipinski definition) is 0. The predicted molar refractivity (Wildman–Crippen MR) is 82.0 cm³/mol. The van der Waals surface area contributed by atoms with E-state index < -0.39 is 5.97 Å². The summed E-state index contributed by atoms with van der Waals surface area (Å²) < 4.78 is 5.16. The van der Waals surface area contributed by atoms with Crippen LogP contribution in [0.5, 0.6) is 5.75 Å². The molecule has 6 heteroatoms. The van der Waals surface area contributed by atoms with E-state index in [-0.39, 0.29) is 17.2 Å². The van der Waals surface area contributed by atoms with Crippen molar-refractivity contribution < 1.29 is 9.53 Å². The number of carbonyl (C=O) groups excluding carboxylic acids is 1. The fraction of sp³-hybridized carbons (Fsp3) is 0.0667. The van der Waals surface area contributed by atoms with Crippen LogP contribution in [0.4, 0.5) is 0 Å². The number of esters is 1. The summed E-state index contributed by atoms with van der Waals surface area (Å²) in [5.41, 5.74) is 1.07. The van der Waals surface area contributed by atoms with Crippen LogP contribution in [0.25, 0.3) is 0 Å². The fourth-order valence-electron chi connectivity index (χ4n) is 1.63. The Morgan fingerprint density at radius 2 is 1.81 bits per heavy atom. The zero-order valence-electron chi connectivity index (χ0n) is 10.6.